The SMILES string of the molecule is CC1OCCC1S(=O)(=O)NCc1ccc(N)cc1Cl. The third kappa shape index (κ3) is 3.39. The monoisotopic (exact) mass is 304 g/mol. The van der Waals surface area contributed by atoms with Crippen molar-refractivity contribution >= 4 is 27.3 Å². The molecule has 3 N–H and O–H groups in total. The van der Waals surface area contributed by atoms with Crippen LogP contribution in [0.1, 0.15) is 18.9 Å². The van der Waals surface area contributed by atoms with E-state index in [0.717, 1.165) is 0 Å². The number of hydrogen-bond acceptors (Lipinski definition) is 4. The van der Waals surface area contributed by atoms with Crippen LogP contribution in [0.3, 0.4) is 0 Å². The van der Waals surface area contributed by atoms with Crippen molar-refractivity contribution in [2.24, 2.45) is 0 Å². The molecule has 1 aliphatic heterocycles. The molecule has 1 saturated heterocycles. The number of ether oxygens (including phenoxy) is 1. The molecule has 0 bridgehead atoms. The Bertz CT molecular complexity index is 562. The van der Waals surface area contributed by atoms with Gasteiger partial charge in [0.15, 0.2) is 0 Å². The second-order valence-corrected chi connectivity index (χ2v) is 7.01. The standard InChI is InChI=1S/C12H17ClN2O3S/c1-8-12(4-5-18-8)19(16,17)15-7-9-2-3-10(14)6-11(9)13/h2-3,6,8,12,15H,4-5,7,14H2,1H3. The lowest BCUT2D eigenvalue weighted by molar-refractivity contribution is 0.126. The van der Waals surface area contributed by atoms with Crippen molar-refractivity contribution in [3.05, 3.63) is 28.8 Å². The molecule has 1 fully saturated rings. The van der Waals surface area contributed by atoms with E-state index in [4.69, 9.17) is 22.1 Å². The summed E-state index contributed by atoms with van der Waals surface area (Å²) in [5.41, 5.74) is 6.84. The smallest absolute Gasteiger partial charge is 0.217 e. The minimum atomic E-state index is -3.40. The van der Waals surface area contributed by atoms with Crippen LogP contribution in [0, 0.1) is 0 Å². The second-order valence-electron chi connectivity index (χ2n) is 4.62. The highest BCUT2D eigenvalue weighted by Gasteiger charge is 2.35. The minimum absolute atomic E-state index is 0.157. The van der Waals surface area contributed by atoms with Crippen LogP contribution in [0.15, 0.2) is 18.2 Å². The molecule has 5 nitrogen and oxygen atoms in total. The fourth-order valence-electron chi connectivity index (χ4n) is 2.11. The van der Waals surface area contributed by atoms with Gasteiger partial charge in [0.2, 0.25) is 10.0 Å². The van der Waals surface area contributed by atoms with E-state index < -0.39 is 15.3 Å². The van der Waals surface area contributed by atoms with Crippen LogP contribution in [0.5, 0.6) is 0 Å². The molecule has 1 aromatic rings. The summed E-state index contributed by atoms with van der Waals surface area (Å²) in [6, 6.07) is 5.01. The molecule has 19 heavy (non-hydrogen) atoms. The number of nitrogens with one attached hydrogen (secondary N) is 1. The van der Waals surface area contributed by atoms with Gasteiger partial charge < -0.3 is 10.5 Å². The zero-order valence-electron chi connectivity index (χ0n) is 10.6. The van der Waals surface area contributed by atoms with Gasteiger partial charge in [0, 0.05) is 23.9 Å². The van der Waals surface area contributed by atoms with E-state index in [1.54, 1.807) is 25.1 Å². The first-order chi connectivity index (χ1) is 8.90. The van der Waals surface area contributed by atoms with E-state index in [0.29, 0.717) is 29.3 Å². The van der Waals surface area contributed by atoms with Gasteiger partial charge in [-0.2, -0.15) is 0 Å². The highest BCUT2D eigenvalue weighted by atomic mass is 35.5. The summed E-state index contributed by atoms with van der Waals surface area (Å²) < 4.78 is 32.1. The topological polar surface area (TPSA) is 81.4 Å². The fourth-order valence-corrected chi connectivity index (χ4v) is 3.93. The Morgan fingerprint density at radius 2 is 2.26 bits per heavy atom. The summed E-state index contributed by atoms with van der Waals surface area (Å²) in [6.45, 7) is 2.41. The molecule has 1 aromatic carbocycles. The van der Waals surface area contributed by atoms with Crippen LogP contribution in [-0.2, 0) is 21.3 Å². The summed E-state index contributed by atoms with van der Waals surface area (Å²) >= 11 is 6.01. The third-order valence-corrected chi connectivity index (χ3v) is 5.56. The van der Waals surface area contributed by atoms with Crippen molar-refractivity contribution in [1.82, 2.24) is 4.72 Å². The molecule has 106 valence electrons. The molecule has 7 heteroatoms. The van der Waals surface area contributed by atoms with Gasteiger partial charge in [0.05, 0.1) is 6.10 Å². The first-order valence-electron chi connectivity index (χ1n) is 6.04. The van der Waals surface area contributed by atoms with Crippen LogP contribution in [0.4, 0.5) is 5.69 Å². The van der Waals surface area contributed by atoms with Gasteiger partial charge in [-0.25, -0.2) is 13.1 Å². The lowest BCUT2D eigenvalue weighted by Gasteiger charge is -2.16. The minimum Gasteiger partial charge on any atom is -0.399 e. The van der Waals surface area contributed by atoms with Crippen molar-refractivity contribution < 1.29 is 13.2 Å². The van der Waals surface area contributed by atoms with Gasteiger partial charge in [0.1, 0.15) is 5.25 Å². The third-order valence-electron chi connectivity index (χ3n) is 3.25. The molecule has 0 radical (unpaired) electrons. The maximum atomic E-state index is 12.1. The van der Waals surface area contributed by atoms with Crippen LogP contribution < -0.4 is 10.5 Å². The van der Waals surface area contributed by atoms with Gasteiger partial charge in [-0.15, -0.1) is 0 Å². The van der Waals surface area contributed by atoms with E-state index in [1.165, 1.54) is 0 Å². The predicted octanol–water partition coefficient (Wildman–Crippen LogP) is 1.52. The highest BCUT2D eigenvalue weighted by molar-refractivity contribution is 7.90. The zero-order valence-corrected chi connectivity index (χ0v) is 12.2. The molecule has 0 spiro atoms. The van der Waals surface area contributed by atoms with Crippen molar-refractivity contribution in [3.63, 3.8) is 0 Å². The lowest BCUT2D eigenvalue weighted by atomic mass is 10.2. The van der Waals surface area contributed by atoms with Crippen molar-refractivity contribution in [3.8, 4) is 0 Å². The summed E-state index contributed by atoms with van der Waals surface area (Å²) in [4.78, 5) is 0. The molecule has 2 rings (SSSR count). The maximum Gasteiger partial charge on any atom is 0.217 e. The molecule has 0 aromatic heterocycles. The molecule has 2 unspecified atom stereocenters. The summed E-state index contributed by atoms with van der Waals surface area (Å²) in [7, 11) is -3.40. The van der Waals surface area contributed by atoms with E-state index in [1.807, 2.05) is 0 Å². The number of rotatable bonds is 4. The summed E-state index contributed by atoms with van der Waals surface area (Å²) in [5, 5.41) is -0.0431. The first-order valence-corrected chi connectivity index (χ1v) is 7.96. The lowest BCUT2D eigenvalue weighted by Crippen LogP contribution is -2.37. The summed E-state index contributed by atoms with van der Waals surface area (Å²) in [6.07, 6.45) is 0.241. The quantitative estimate of drug-likeness (QED) is 0.826. The van der Waals surface area contributed by atoms with Crippen LogP contribution >= 0.6 is 11.6 Å². The van der Waals surface area contributed by atoms with Crippen LogP contribution in [0.25, 0.3) is 0 Å². The van der Waals surface area contributed by atoms with Crippen molar-refractivity contribution in [2.75, 3.05) is 12.3 Å². The Balaban J connectivity index is 2.05. The number of nitrogen functional groups attached to an aromatic ring is 1. The zero-order chi connectivity index (χ0) is 14.0. The molecule has 0 aliphatic carbocycles. The number of nitrogens with two attached hydrogens (primary N) is 1. The van der Waals surface area contributed by atoms with Gasteiger partial charge in [0.25, 0.3) is 0 Å². The molecule has 1 aliphatic rings. The van der Waals surface area contributed by atoms with E-state index >= 15 is 0 Å². The Labute approximate surface area is 118 Å². The van der Waals surface area contributed by atoms with Gasteiger partial charge >= 0.3 is 0 Å². The van der Waals surface area contributed by atoms with Crippen molar-refractivity contribution in [1.29, 1.82) is 0 Å². The van der Waals surface area contributed by atoms with E-state index in [-0.39, 0.29) is 12.6 Å². The molecular weight excluding hydrogens is 288 g/mol. The second kappa shape index (κ2) is 5.66. The molecule has 0 amide bonds. The largest absolute Gasteiger partial charge is 0.399 e. The van der Waals surface area contributed by atoms with E-state index in [9.17, 15) is 8.42 Å². The Kier molecular flexibility index (Phi) is 4.35. The Morgan fingerprint density at radius 1 is 1.53 bits per heavy atom. The number of anilines is 1. The van der Waals surface area contributed by atoms with Crippen LogP contribution in [0.2, 0.25) is 5.02 Å². The number of benzene rings is 1. The van der Waals surface area contributed by atoms with Gasteiger partial charge in [-0.3, -0.25) is 0 Å². The van der Waals surface area contributed by atoms with Crippen molar-refractivity contribution in [2.45, 2.75) is 31.2 Å². The maximum absolute atomic E-state index is 12.1. The van der Waals surface area contributed by atoms with Crippen LogP contribution in [-0.4, -0.2) is 26.4 Å². The van der Waals surface area contributed by atoms with E-state index in [2.05, 4.69) is 4.72 Å². The van der Waals surface area contributed by atoms with Gasteiger partial charge in [-0.1, -0.05) is 17.7 Å². The first kappa shape index (κ1) is 14.6. The Hall–Kier alpha value is -0.820. The highest BCUT2D eigenvalue weighted by Crippen LogP contribution is 2.22. The normalized spacial score (nSPS) is 23.7. The average molecular weight is 305 g/mol. The predicted molar refractivity (Wildman–Crippen MR) is 75.4 cm³/mol. The molecular formula is C12H17ClN2O3S. The fraction of sp³-hybridized carbons (Fsp3) is 0.500. The molecule has 1 heterocycles. The molecule has 0 saturated carbocycles. The number of sulfonamides is 1. The molecule has 2 atom stereocenters. The Morgan fingerprint density at radius 3 is 2.84 bits per heavy atom. The number of halogens is 1. The average Bonchev–Trinajstić information content (AvgIpc) is 2.75. The summed E-state index contributed by atoms with van der Waals surface area (Å²) in [5.74, 6) is 0. The van der Waals surface area contributed by atoms with Gasteiger partial charge in [-0.05, 0) is 31.0 Å². The number of hydrogen-bond donors (Lipinski definition) is 2.